The summed E-state index contributed by atoms with van der Waals surface area (Å²) in [7, 11) is 0. The van der Waals surface area contributed by atoms with E-state index in [4.69, 9.17) is 19.2 Å². The molecule has 0 radical (unpaired) electrons. The average Bonchev–Trinajstić information content (AvgIpc) is 3.37. The van der Waals surface area contributed by atoms with E-state index in [0.717, 1.165) is 76.0 Å². The molecule has 2 heterocycles. The van der Waals surface area contributed by atoms with Crippen molar-refractivity contribution in [1.29, 1.82) is 0 Å². The summed E-state index contributed by atoms with van der Waals surface area (Å²) in [6.45, 7) is 2.56. The van der Waals surface area contributed by atoms with Crippen LogP contribution in [-0.2, 0) is 22.4 Å². The molecule has 28 heavy (non-hydrogen) atoms. The lowest BCUT2D eigenvalue weighted by atomic mass is 9.91. The van der Waals surface area contributed by atoms with Crippen LogP contribution in [-0.4, -0.2) is 54.5 Å². The van der Waals surface area contributed by atoms with Crippen molar-refractivity contribution in [3.05, 3.63) is 17.0 Å². The zero-order valence-electron chi connectivity index (χ0n) is 16.3. The maximum absolute atomic E-state index is 12.6. The van der Waals surface area contributed by atoms with E-state index in [1.807, 2.05) is 0 Å². The summed E-state index contributed by atoms with van der Waals surface area (Å²) in [5, 5.41) is 17.8. The molecule has 2 fully saturated rings. The first-order valence-corrected chi connectivity index (χ1v) is 10.4. The van der Waals surface area contributed by atoms with Crippen molar-refractivity contribution in [3.63, 3.8) is 0 Å². The highest BCUT2D eigenvalue weighted by molar-refractivity contribution is 5.94. The van der Waals surface area contributed by atoms with Crippen LogP contribution in [0.25, 0.3) is 0 Å². The second kappa shape index (κ2) is 10.6. The van der Waals surface area contributed by atoms with Crippen LogP contribution in [0.3, 0.4) is 0 Å². The Balaban J connectivity index is 0.000000706. The van der Waals surface area contributed by atoms with Crippen LogP contribution in [0.15, 0.2) is 4.52 Å². The lowest BCUT2D eigenvalue weighted by Crippen LogP contribution is -2.39. The third-order valence-electron chi connectivity index (χ3n) is 5.98. The summed E-state index contributed by atoms with van der Waals surface area (Å²) in [5.41, 5.74) is 1.53. The third-order valence-corrected chi connectivity index (χ3v) is 5.98. The highest BCUT2D eigenvalue weighted by atomic mass is 16.5. The monoisotopic (exact) mass is 393 g/mol. The van der Waals surface area contributed by atoms with Crippen LogP contribution in [0.5, 0.6) is 0 Å². The van der Waals surface area contributed by atoms with Crippen molar-refractivity contribution >= 4 is 12.4 Å². The van der Waals surface area contributed by atoms with Gasteiger partial charge in [0.05, 0.1) is 0 Å². The van der Waals surface area contributed by atoms with Gasteiger partial charge in [-0.25, -0.2) is 0 Å². The molecule has 8 nitrogen and oxygen atoms in total. The van der Waals surface area contributed by atoms with E-state index < -0.39 is 0 Å². The summed E-state index contributed by atoms with van der Waals surface area (Å²) in [6.07, 6.45) is 9.64. The standard InChI is InChI=1S/C19H29N3O3.CH2O2/c23-19(21-14-3-1-2-4-14)18-16-11-15(5-6-17(16)25-22-18)20-12-13-7-9-24-10-8-13;2-1-3/h13-15,20H,1-12H2,(H,21,23);1H,(H,2,3). The number of amides is 1. The molecule has 1 aliphatic heterocycles. The average molecular weight is 393 g/mol. The fraction of sp³-hybridized carbons (Fsp3) is 0.750. The molecule has 0 spiro atoms. The maximum atomic E-state index is 12.6. The van der Waals surface area contributed by atoms with E-state index in [-0.39, 0.29) is 12.4 Å². The zero-order chi connectivity index (χ0) is 19.8. The van der Waals surface area contributed by atoms with Crippen LogP contribution in [0.1, 0.15) is 66.8 Å². The molecular weight excluding hydrogens is 362 g/mol. The molecule has 1 atom stereocenters. The fourth-order valence-corrected chi connectivity index (χ4v) is 4.36. The van der Waals surface area contributed by atoms with Gasteiger partial charge in [-0.05, 0) is 51.0 Å². The highest BCUT2D eigenvalue weighted by Gasteiger charge is 2.30. The first-order chi connectivity index (χ1) is 13.7. The Morgan fingerprint density at radius 3 is 2.57 bits per heavy atom. The SMILES string of the molecule is O=C(NC1CCCC1)c1noc2c1CC(NCC1CCOCC1)CC2.O=CO. The molecule has 1 saturated heterocycles. The van der Waals surface area contributed by atoms with Gasteiger partial charge in [-0.15, -0.1) is 0 Å². The van der Waals surface area contributed by atoms with E-state index in [1.54, 1.807) is 0 Å². The molecule has 3 aliphatic rings. The quantitative estimate of drug-likeness (QED) is 0.655. The molecule has 1 amide bonds. The van der Waals surface area contributed by atoms with Gasteiger partial charge in [0.25, 0.3) is 12.4 Å². The van der Waals surface area contributed by atoms with Crippen LogP contribution in [0, 0.1) is 5.92 Å². The van der Waals surface area contributed by atoms with Gasteiger partial charge in [-0.3, -0.25) is 9.59 Å². The predicted molar refractivity (Wildman–Crippen MR) is 102 cm³/mol. The largest absolute Gasteiger partial charge is 0.483 e. The Hall–Kier alpha value is -1.93. The highest BCUT2D eigenvalue weighted by Crippen LogP contribution is 2.26. The van der Waals surface area contributed by atoms with Crippen LogP contribution in [0.2, 0.25) is 0 Å². The summed E-state index contributed by atoms with van der Waals surface area (Å²) in [4.78, 5) is 20.9. The second-order valence-electron chi connectivity index (χ2n) is 7.90. The van der Waals surface area contributed by atoms with Gasteiger partial charge in [0.2, 0.25) is 0 Å². The van der Waals surface area contributed by atoms with E-state index >= 15 is 0 Å². The first kappa shape index (κ1) is 20.8. The molecule has 4 rings (SSSR count). The van der Waals surface area contributed by atoms with Gasteiger partial charge < -0.3 is 25.0 Å². The normalized spacial score (nSPS) is 22.8. The van der Waals surface area contributed by atoms with Crippen molar-refractivity contribution in [2.45, 2.75) is 69.9 Å². The Bertz CT molecular complexity index is 636. The Labute approximate surface area is 165 Å². The number of rotatable bonds is 5. The van der Waals surface area contributed by atoms with Gasteiger partial charge >= 0.3 is 0 Å². The van der Waals surface area contributed by atoms with Gasteiger partial charge in [-0.1, -0.05) is 18.0 Å². The van der Waals surface area contributed by atoms with Gasteiger partial charge in [-0.2, -0.15) is 0 Å². The number of fused-ring (bicyclic) bond motifs is 1. The summed E-state index contributed by atoms with van der Waals surface area (Å²) in [5.74, 6) is 1.56. The minimum absolute atomic E-state index is 0.0537. The molecular formula is C20H31N3O5. The minimum Gasteiger partial charge on any atom is -0.483 e. The maximum Gasteiger partial charge on any atom is 0.290 e. The van der Waals surface area contributed by atoms with E-state index in [1.165, 1.54) is 12.8 Å². The Morgan fingerprint density at radius 1 is 1.14 bits per heavy atom. The molecule has 1 unspecified atom stereocenters. The lowest BCUT2D eigenvalue weighted by Gasteiger charge is -2.27. The van der Waals surface area contributed by atoms with Crippen molar-refractivity contribution in [3.8, 4) is 0 Å². The number of nitrogens with zero attached hydrogens (tertiary/aromatic N) is 1. The zero-order valence-corrected chi connectivity index (χ0v) is 16.3. The molecule has 2 aliphatic carbocycles. The summed E-state index contributed by atoms with van der Waals surface area (Å²) >= 11 is 0. The van der Waals surface area contributed by atoms with E-state index in [2.05, 4.69) is 15.8 Å². The van der Waals surface area contributed by atoms with Crippen molar-refractivity contribution in [2.24, 2.45) is 5.92 Å². The molecule has 0 aromatic carbocycles. The number of carbonyl (C=O) groups excluding carboxylic acids is 1. The number of carboxylic acid groups (broad SMARTS) is 1. The number of aromatic nitrogens is 1. The number of aryl methyl sites for hydroxylation is 1. The van der Waals surface area contributed by atoms with Crippen LogP contribution < -0.4 is 10.6 Å². The number of carbonyl (C=O) groups is 2. The van der Waals surface area contributed by atoms with Gasteiger partial charge in [0.15, 0.2) is 5.69 Å². The van der Waals surface area contributed by atoms with Gasteiger partial charge in [0.1, 0.15) is 5.76 Å². The van der Waals surface area contributed by atoms with E-state index in [0.29, 0.717) is 23.7 Å². The first-order valence-electron chi connectivity index (χ1n) is 10.4. The molecule has 156 valence electrons. The second-order valence-corrected chi connectivity index (χ2v) is 7.90. The fourth-order valence-electron chi connectivity index (χ4n) is 4.36. The third kappa shape index (κ3) is 5.54. The molecule has 1 saturated carbocycles. The molecule has 8 heteroatoms. The Kier molecular flexibility index (Phi) is 7.85. The predicted octanol–water partition coefficient (Wildman–Crippen LogP) is 1.92. The topological polar surface area (TPSA) is 114 Å². The number of nitrogens with one attached hydrogen (secondary N) is 2. The van der Waals surface area contributed by atoms with Crippen molar-refractivity contribution in [1.82, 2.24) is 15.8 Å². The van der Waals surface area contributed by atoms with Crippen molar-refractivity contribution in [2.75, 3.05) is 19.8 Å². The smallest absolute Gasteiger partial charge is 0.290 e. The van der Waals surface area contributed by atoms with Crippen LogP contribution in [0.4, 0.5) is 0 Å². The van der Waals surface area contributed by atoms with E-state index in [9.17, 15) is 4.79 Å². The molecule has 3 N–H and O–H groups in total. The molecule has 0 bridgehead atoms. The van der Waals surface area contributed by atoms with Crippen LogP contribution >= 0.6 is 0 Å². The number of ether oxygens (including phenoxy) is 1. The van der Waals surface area contributed by atoms with Crippen molar-refractivity contribution < 1.29 is 24.0 Å². The lowest BCUT2D eigenvalue weighted by molar-refractivity contribution is -0.122. The molecule has 1 aromatic rings. The molecule has 1 aromatic heterocycles. The minimum atomic E-state index is -0.250. The van der Waals surface area contributed by atoms with Gasteiger partial charge in [0, 0.05) is 37.3 Å². The summed E-state index contributed by atoms with van der Waals surface area (Å²) < 4.78 is 10.9. The summed E-state index contributed by atoms with van der Waals surface area (Å²) in [6, 6.07) is 0.721. The number of hydrogen-bond donors (Lipinski definition) is 3. The number of hydrogen-bond acceptors (Lipinski definition) is 6. The Morgan fingerprint density at radius 2 is 1.86 bits per heavy atom.